The fraction of sp³-hybridized carbons (Fsp3) is 0.818. The number of ketones is 1. The van der Waals surface area contributed by atoms with Crippen LogP contribution in [0, 0.1) is 16.7 Å². The molecule has 1 unspecified atom stereocenters. The van der Waals surface area contributed by atoms with Gasteiger partial charge in [-0.1, -0.05) is 26.8 Å². The smallest absolute Gasteiger partial charge is 0.303 e. The van der Waals surface area contributed by atoms with Gasteiger partial charge in [-0.3, -0.25) is 9.59 Å². The predicted molar refractivity (Wildman–Crippen MR) is 105 cm³/mol. The van der Waals surface area contributed by atoms with E-state index in [1.807, 2.05) is 13.8 Å². The zero-order chi connectivity index (χ0) is 22.2. The van der Waals surface area contributed by atoms with Crippen LogP contribution in [0.4, 0.5) is 0 Å². The fourth-order valence-corrected chi connectivity index (χ4v) is 6.66. The number of aliphatic hydroxyl groups is 3. The Hall–Kier alpha value is -1.28. The molecule has 3 fully saturated rings. The molecule has 3 aliphatic rings. The van der Waals surface area contributed by atoms with E-state index in [0.29, 0.717) is 12.8 Å². The molecule has 1 heterocycles. The molecule has 0 radical (unpaired) electrons. The molecular formula is C22H34O7. The van der Waals surface area contributed by atoms with Crippen molar-refractivity contribution in [3.05, 3.63) is 12.7 Å². The number of esters is 1. The highest BCUT2D eigenvalue weighted by molar-refractivity contribution is 5.92. The molecule has 0 aromatic rings. The molecule has 7 heteroatoms. The molecule has 3 rings (SSSR count). The Balaban J connectivity index is 2.33. The van der Waals surface area contributed by atoms with Crippen LogP contribution in [0.5, 0.6) is 0 Å². The van der Waals surface area contributed by atoms with Gasteiger partial charge in [0.05, 0.1) is 17.8 Å². The van der Waals surface area contributed by atoms with Crippen LogP contribution in [0.25, 0.3) is 0 Å². The van der Waals surface area contributed by atoms with Crippen molar-refractivity contribution in [2.45, 2.75) is 95.9 Å². The van der Waals surface area contributed by atoms with Crippen molar-refractivity contribution >= 4 is 11.8 Å². The number of hydrogen-bond donors (Lipinski definition) is 3. The minimum atomic E-state index is -2.18. The van der Waals surface area contributed by atoms with Gasteiger partial charge in [-0.25, -0.2) is 0 Å². The lowest BCUT2D eigenvalue weighted by Gasteiger charge is -2.71. The highest BCUT2D eigenvalue weighted by Gasteiger charge is 2.81. The molecule has 1 aliphatic heterocycles. The highest BCUT2D eigenvalue weighted by Crippen LogP contribution is 2.66. The van der Waals surface area contributed by atoms with Crippen molar-refractivity contribution in [3.8, 4) is 0 Å². The number of carbonyl (C=O) groups excluding carboxylic acids is 2. The molecule has 2 aliphatic carbocycles. The zero-order valence-corrected chi connectivity index (χ0v) is 18.2. The summed E-state index contributed by atoms with van der Waals surface area (Å²) in [6, 6.07) is 0. The Bertz CT molecular complexity index is 747. The van der Waals surface area contributed by atoms with Crippen molar-refractivity contribution in [3.63, 3.8) is 0 Å². The number of fused-ring (bicyclic) bond motifs is 3. The Kier molecular flexibility index (Phi) is 4.91. The van der Waals surface area contributed by atoms with Gasteiger partial charge < -0.3 is 24.8 Å². The standard InChI is InChI=1S/C22H34O7/c1-8-19(5)11-14(25)22(27)20(6)13(24)9-10-18(3,4)16(20)15(26)17(28-12(2)23)21(22,7)29-19/h8,13,15-17,24,26-27H,1,9-11H2,2-7H3/t13-,15-,16+,17-,19?,20+,21-,22-/m0/s1. The first-order valence-corrected chi connectivity index (χ1v) is 10.2. The molecule has 0 amide bonds. The quantitative estimate of drug-likeness (QED) is 0.467. The molecule has 0 bridgehead atoms. The molecule has 29 heavy (non-hydrogen) atoms. The minimum absolute atomic E-state index is 0.138. The molecule has 0 spiro atoms. The second-order valence-electron chi connectivity index (χ2n) is 10.4. The van der Waals surface area contributed by atoms with Crippen LogP contribution in [0.3, 0.4) is 0 Å². The van der Waals surface area contributed by atoms with E-state index >= 15 is 0 Å². The zero-order valence-electron chi connectivity index (χ0n) is 18.2. The van der Waals surface area contributed by atoms with Gasteiger partial charge in [0.2, 0.25) is 0 Å². The van der Waals surface area contributed by atoms with Crippen molar-refractivity contribution in [1.29, 1.82) is 0 Å². The van der Waals surface area contributed by atoms with Crippen molar-refractivity contribution in [1.82, 2.24) is 0 Å². The van der Waals surface area contributed by atoms with Gasteiger partial charge in [0, 0.05) is 24.7 Å². The van der Waals surface area contributed by atoms with Gasteiger partial charge in [-0.05, 0) is 32.1 Å². The lowest BCUT2D eigenvalue weighted by atomic mass is 9.40. The Morgan fingerprint density at radius 3 is 2.34 bits per heavy atom. The van der Waals surface area contributed by atoms with Crippen molar-refractivity contribution in [2.24, 2.45) is 16.7 Å². The second-order valence-corrected chi connectivity index (χ2v) is 10.4. The lowest BCUT2D eigenvalue weighted by molar-refractivity contribution is -0.370. The Labute approximate surface area is 172 Å². The van der Waals surface area contributed by atoms with Crippen molar-refractivity contribution < 1.29 is 34.4 Å². The Morgan fingerprint density at radius 2 is 1.83 bits per heavy atom. The highest BCUT2D eigenvalue weighted by atomic mass is 16.6. The molecule has 164 valence electrons. The van der Waals surface area contributed by atoms with E-state index in [1.165, 1.54) is 19.9 Å². The monoisotopic (exact) mass is 410 g/mol. The normalized spacial score (nSPS) is 51.6. The third-order valence-corrected chi connectivity index (χ3v) is 8.02. The number of hydrogen-bond acceptors (Lipinski definition) is 7. The first-order chi connectivity index (χ1) is 13.1. The van der Waals surface area contributed by atoms with Crippen LogP contribution in [-0.2, 0) is 19.1 Å². The average molecular weight is 411 g/mol. The van der Waals surface area contributed by atoms with Gasteiger partial charge in [0.1, 0.15) is 5.60 Å². The van der Waals surface area contributed by atoms with Crippen LogP contribution in [-0.4, -0.2) is 62.2 Å². The fourth-order valence-electron chi connectivity index (χ4n) is 6.66. The molecule has 1 saturated heterocycles. The molecule has 7 nitrogen and oxygen atoms in total. The topological polar surface area (TPSA) is 113 Å². The number of carbonyl (C=O) groups is 2. The third-order valence-electron chi connectivity index (χ3n) is 8.02. The van der Waals surface area contributed by atoms with Crippen LogP contribution in [0.2, 0.25) is 0 Å². The van der Waals surface area contributed by atoms with E-state index in [4.69, 9.17) is 9.47 Å². The van der Waals surface area contributed by atoms with Gasteiger partial charge in [-0.2, -0.15) is 0 Å². The molecule has 0 aromatic heterocycles. The Morgan fingerprint density at radius 1 is 1.24 bits per heavy atom. The number of rotatable bonds is 2. The molecular weight excluding hydrogens is 376 g/mol. The summed E-state index contributed by atoms with van der Waals surface area (Å²) in [4.78, 5) is 25.5. The lowest BCUT2D eigenvalue weighted by Crippen LogP contribution is -2.86. The van der Waals surface area contributed by atoms with E-state index in [2.05, 4.69) is 6.58 Å². The number of Topliss-reactive ketones (excluding diaryl/α,β-unsaturated/α-hetero) is 1. The largest absolute Gasteiger partial charge is 0.457 e. The van der Waals surface area contributed by atoms with E-state index < -0.39 is 63.6 Å². The summed E-state index contributed by atoms with van der Waals surface area (Å²) in [7, 11) is 0. The van der Waals surface area contributed by atoms with E-state index in [1.54, 1.807) is 13.8 Å². The number of ether oxygens (including phenoxy) is 2. The van der Waals surface area contributed by atoms with E-state index in [0.717, 1.165) is 0 Å². The van der Waals surface area contributed by atoms with Crippen LogP contribution in [0.15, 0.2) is 12.7 Å². The molecule has 0 aromatic carbocycles. The van der Waals surface area contributed by atoms with Gasteiger partial charge >= 0.3 is 5.97 Å². The van der Waals surface area contributed by atoms with Crippen LogP contribution >= 0.6 is 0 Å². The SMILES string of the molecule is C=CC1(C)CC(=O)[C@]2(O)[C@@]3(C)[C@H]([C@H](O)[C@H](OC(C)=O)[C@]2(C)O1)C(C)(C)CC[C@@H]3O. The van der Waals surface area contributed by atoms with Gasteiger partial charge in [0.25, 0.3) is 0 Å². The maximum Gasteiger partial charge on any atom is 0.303 e. The van der Waals surface area contributed by atoms with Gasteiger partial charge in [-0.15, -0.1) is 6.58 Å². The second kappa shape index (κ2) is 6.36. The number of aliphatic hydroxyl groups excluding tert-OH is 2. The summed E-state index contributed by atoms with van der Waals surface area (Å²) in [6.07, 6.45) is -1.29. The third kappa shape index (κ3) is 2.63. The summed E-state index contributed by atoms with van der Waals surface area (Å²) in [5.74, 6) is -1.87. The summed E-state index contributed by atoms with van der Waals surface area (Å²) in [6.45, 7) is 13.6. The summed E-state index contributed by atoms with van der Waals surface area (Å²) >= 11 is 0. The summed E-state index contributed by atoms with van der Waals surface area (Å²) in [5.41, 5.74) is -7.00. The van der Waals surface area contributed by atoms with Gasteiger partial charge in [0.15, 0.2) is 17.5 Å². The first-order valence-electron chi connectivity index (χ1n) is 10.2. The maximum absolute atomic E-state index is 13.6. The maximum atomic E-state index is 13.6. The molecule has 8 atom stereocenters. The summed E-state index contributed by atoms with van der Waals surface area (Å²) < 4.78 is 11.8. The first kappa shape index (κ1) is 22.4. The molecule has 2 saturated carbocycles. The van der Waals surface area contributed by atoms with E-state index in [9.17, 15) is 24.9 Å². The predicted octanol–water partition coefficient (Wildman–Crippen LogP) is 1.52. The summed E-state index contributed by atoms with van der Waals surface area (Å²) in [5, 5.41) is 34.7. The molecule has 3 N–H and O–H groups in total. The van der Waals surface area contributed by atoms with E-state index in [-0.39, 0.29) is 6.42 Å². The minimum Gasteiger partial charge on any atom is -0.457 e. The van der Waals surface area contributed by atoms with Crippen LogP contribution in [0.1, 0.15) is 60.8 Å². The van der Waals surface area contributed by atoms with Crippen molar-refractivity contribution in [2.75, 3.05) is 0 Å². The average Bonchev–Trinajstić information content (AvgIpc) is 2.59. The van der Waals surface area contributed by atoms with Crippen LogP contribution < -0.4 is 0 Å².